The van der Waals surface area contributed by atoms with Crippen LogP contribution in [0.5, 0.6) is 0 Å². The summed E-state index contributed by atoms with van der Waals surface area (Å²) in [6.45, 7) is 3.70. The summed E-state index contributed by atoms with van der Waals surface area (Å²) in [5.74, 6) is -0.497. The first kappa shape index (κ1) is 16.5. The van der Waals surface area contributed by atoms with Crippen LogP contribution in [0.3, 0.4) is 0 Å². The third-order valence-corrected chi connectivity index (χ3v) is 3.98. The summed E-state index contributed by atoms with van der Waals surface area (Å²) in [5.41, 5.74) is -0.340. The van der Waals surface area contributed by atoms with Crippen LogP contribution in [0.2, 0.25) is 0 Å². The molecular formula is C16H17F3N4O. The van der Waals surface area contributed by atoms with Crippen molar-refractivity contribution in [2.24, 2.45) is 5.92 Å². The number of aromatic nitrogens is 2. The first-order valence-corrected chi connectivity index (χ1v) is 7.57. The van der Waals surface area contributed by atoms with Gasteiger partial charge in [-0.2, -0.15) is 18.3 Å². The molecule has 3 rings (SSSR count). The second kappa shape index (κ2) is 6.27. The van der Waals surface area contributed by atoms with Crippen LogP contribution < -0.4 is 10.6 Å². The Balaban J connectivity index is 1.91. The molecule has 2 N–H and O–H groups in total. The van der Waals surface area contributed by atoms with Gasteiger partial charge in [0.15, 0.2) is 5.69 Å². The van der Waals surface area contributed by atoms with Crippen molar-refractivity contribution in [2.45, 2.75) is 13.1 Å². The second-order valence-electron chi connectivity index (χ2n) is 5.89. The zero-order valence-corrected chi connectivity index (χ0v) is 13.0. The molecule has 0 unspecified atom stereocenters. The van der Waals surface area contributed by atoms with E-state index in [1.54, 1.807) is 24.3 Å². The van der Waals surface area contributed by atoms with E-state index >= 15 is 0 Å². The third-order valence-electron chi connectivity index (χ3n) is 3.98. The average molecular weight is 338 g/mol. The Morgan fingerprint density at radius 3 is 2.54 bits per heavy atom. The predicted octanol–water partition coefficient (Wildman–Crippen LogP) is 2.15. The zero-order valence-electron chi connectivity index (χ0n) is 13.0. The van der Waals surface area contributed by atoms with Crippen molar-refractivity contribution >= 4 is 5.91 Å². The van der Waals surface area contributed by atoms with Crippen LogP contribution in [0.1, 0.15) is 21.6 Å². The highest BCUT2D eigenvalue weighted by Gasteiger charge is 2.40. The molecule has 2 heterocycles. The molecule has 1 aromatic carbocycles. The molecule has 2 aromatic rings. The van der Waals surface area contributed by atoms with E-state index in [9.17, 15) is 18.0 Å². The maximum atomic E-state index is 13.5. The minimum Gasteiger partial charge on any atom is -0.352 e. The van der Waals surface area contributed by atoms with E-state index in [0.29, 0.717) is 6.54 Å². The average Bonchev–Trinajstić information content (AvgIpc) is 2.91. The van der Waals surface area contributed by atoms with E-state index in [0.717, 1.165) is 29.5 Å². The van der Waals surface area contributed by atoms with Crippen molar-refractivity contribution < 1.29 is 18.0 Å². The van der Waals surface area contributed by atoms with E-state index in [1.165, 1.54) is 0 Å². The monoisotopic (exact) mass is 338 g/mol. The number of hydrogen-bond donors (Lipinski definition) is 2. The topological polar surface area (TPSA) is 59.0 Å². The van der Waals surface area contributed by atoms with Gasteiger partial charge in [0, 0.05) is 25.6 Å². The number of carbonyl (C=O) groups excluding carboxylic acids is 1. The summed E-state index contributed by atoms with van der Waals surface area (Å²) in [5, 5.41) is 9.39. The van der Waals surface area contributed by atoms with Crippen LogP contribution in [0.25, 0.3) is 5.69 Å². The van der Waals surface area contributed by atoms with Gasteiger partial charge in [0.25, 0.3) is 5.91 Å². The van der Waals surface area contributed by atoms with Gasteiger partial charge in [-0.1, -0.05) is 17.7 Å². The number of alkyl halides is 3. The van der Waals surface area contributed by atoms with Gasteiger partial charge >= 0.3 is 6.18 Å². The van der Waals surface area contributed by atoms with Crippen LogP contribution in [0.15, 0.2) is 30.5 Å². The number of amides is 1. The molecule has 1 fully saturated rings. The molecule has 128 valence electrons. The largest absolute Gasteiger partial charge is 0.434 e. The normalized spacial score (nSPS) is 15.2. The molecule has 1 aromatic heterocycles. The fourth-order valence-corrected chi connectivity index (χ4v) is 2.49. The Kier molecular flexibility index (Phi) is 4.31. The highest BCUT2D eigenvalue weighted by Crippen LogP contribution is 2.33. The van der Waals surface area contributed by atoms with Gasteiger partial charge in [-0.3, -0.25) is 4.79 Å². The molecule has 5 nitrogen and oxygen atoms in total. The summed E-state index contributed by atoms with van der Waals surface area (Å²) in [4.78, 5) is 12.2. The van der Waals surface area contributed by atoms with E-state index in [2.05, 4.69) is 15.7 Å². The van der Waals surface area contributed by atoms with Crippen molar-refractivity contribution in [3.05, 3.63) is 47.3 Å². The van der Waals surface area contributed by atoms with Gasteiger partial charge < -0.3 is 10.6 Å². The Morgan fingerprint density at radius 1 is 1.33 bits per heavy atom. The Labute approximate surface area is 136 Å². The lowest BCUT2D eigenvalue weighted by Crippen LogP contribution is -2.48. The lowest BCUT2D eigenvalue weighted by molar-refractivity contribution is -0.143. The number of hydrogen-bond acceptors (Lipinski definition) is 3. The fourth-order valence-electron chi connectivity index (χ4n) is 2.49. The van der Waals surface area contributed by atoms with Crippen molar-refractivity contribution in [1.29, 1.82) is 0 Å². The molecule has 0 aliphatic carbocycles. The van der Waals surface area contributed by atoms with Crippen LogP contribution >= 0.6 is 0 Å². The number of halogens is 3. The second-order valence-corrected chi connectivity index (χ2v) is 5.89. The number of benzene rings is 1. The van der Waals surface area contributed by atoms with Crippen LogP contribution in [0.4, 0.5) is 13.2 Å². The molecule has 24 heavy (non-hydrogen) atoms. The van der Waals surface area contributed by atoms with E-state index in [-0.39, 0.29) is 11.6 Å². The van der Waals surface area contributed by atoms with Crippen LogP contribution in [-0.2, 0) is 6.18 Å². The van der Waals surface area contributed by atoms with Gasteiger partial charge in [-0.15, -0.1) is 0 Å². The van der Waals surface area contributed by atoms with Gasteiger partial charge in [0.05, 0.1) is 17.4 Å². The Morgan fingerprint density at radius 2 is 2.00 bits per heavy atom. The van der Waals surface area contributed by atoms with Gasteiger partial charge in [0.1, 0.15) is 0 Å². The molecule has 1 saturated heterocycles. The first-order chi connectivity index (χ1) is 11.4. The van der Waals surface area contributed by atoms with Crippen molar-refractivity contribution in [3.63, 3.8) is 0 Å². The van der Waals surface area contributed by atoms with Crippen molar-refractivity contribution in [1.82, 2.24) is 20.4 Å². The minimum atomic E-state index is -4.69. The third kappa shape index (κ3) is 3.28. The Bertz CT molecular complexity index is 733. The van der Waals surface area contributed by atoms with Gasteiger partial charge in [-0.05, 0) is 19.1 Å². The lowest BCUT2D eigenvalue weighted by Gasteiger charge is -2.27. The number of nitrogens with zero attached hydrogens (tertiary/aromatic N) is 2. The molecule has 8 heteroatoms. The number of aryl methyl sites for hydroxylation is 1. The zero-order chi connectivity index (χ0) is 17.3. The minimum absolute atomic E-state index is 0.259. The van der Waals surface area contributed by atoms with Crippen molar-refractivity contribution in [2.75, 3.05) is 19.6 Å². The summed E-state index contributed by atoms with van der Waals surface area (Å²) in [7, 11) is 0. The standard InChI is InChI=1S/C16H17F3N4O/c1-10-2-4-12(5-3-10)23-14(16(17,18)19)13(9-22-23)15(24)21-8-11-6-20-7-11/h2-5,9,11,20H,6-8H2,1H3,(H,21,24). The smallest absolute Gasteiger partial charge is 0.352 e. The van der Waals surface area contributed by atoms with Crippen LogP contribution in [-0.4, -0.2) is 35.3 Å². The maximum Gasteiger partial charge on any atom is 0.434 e. The van der Waals surface area contributed by atoms with Gasteiger partial charge in [-0.25, -0.2) is 4.68 Å². The van der Waals surface area contributed by atoms with E-state index in [4.69, 9.17) is 0 Å². The molecule has 1 amide bonds. The van der Waals surface area contributed by atoms with E-state index in [1.807, 2.05) is 6.92 Å². The molecule has 0 atom stereocenters. The molecule has 0 saturated carbocycles. The molecule has 0 radical (unpaired) electrons. The van der Waals surface area contributed by atoms with Crippen molar-refractivity contribution in [3.8, 4) is 5.69 Å². The quantitative estimate of drug-likeness (QED) is 0.898. The molecule has 0 bridgehead atoms. The number of nitrogens with one attached hydrogen (secondary N) is 2. The summed E-state index contributed by atoms with van der Waals surface area (Å²) in [6, 6.07) is 6.47. The fraction of sp³-hybridized carbons (Fsp3) is 0.375. The summed E-state index contributed by atoms with van der Waals surface area (Å²) < 4.78 is 41.2. The highest BCUT2D eigenvalue weighted by atomic mass is 19.4. The van der Waals surface area contributed by atoms with E-state index < -0.39 is 23.3 Å². The summed E-state index contributed by atoms with van der Waals surface area (Å²) in [6.07, 6.45) is -3.72. The highest BCUT2D eigenvalue weighted by molar-refractivity contribution is 5.95. The Hall–Kier alpha value is -2.35. The summed E-state index contributed by atoms with van der Waals surface area (Å²) >= 11 is 0. The lowest BCUT2D eigenvalue weighted by atomic mass is 10.0. The number of rotatable bonds is 4. The van der Waals surface area contributed by atoms with Crippen LogP contribution in [0, 0.1) is 12.8 Å². The first-order valence-electron chi connectivity index (χ1n) is 7.57. The molecule has 0 spiro atoms. The molecular weight excluding hydrogens is 321 g/mol. The SMILES string of the molecule is Cc1ccc(-n2ncc(C(=O)NCC3CNC3)c2C(F)(F)F)cc1. The maximum absolute atomic E-state index is 13.5. The molecule has 1 aliphatic heterocycles. The van der Waals surface area contributed by atoms with Gasteiger partial charge in [0.2, 0.25) is 0 Å². The molecule has 1 aliphatic rings. The predicted molar refractivity (Wildman–Crippen MR) is 82.0 cm³/mol. The number of carbonyl (C=O) groups is 1.